The van der Waals surface area contributed by atoms with Gasteiger partial charge in [-0.3, -0.25) is 19.2 Å². The van der Waals surface area contributed by atoms with Crippen molar-refractivity contribution in [1.29, 1.82) is 0 Å². The lowest BCUT2D eigenvalue weighted by Crippen LogP contribution is -2.20. The standard InChI is InChI=1S/2C14H18N2O3/c2*1-8-4-9(8)6-12(17)10-5-11(13(18)15-2)14(19-3)16-7-10/h2*5,7-9H,4,6H2,1-3H3,(H,15,18)/t2*8-,9+/m10/s1. The van der Waals surface area contributed by atoms with Crippen molar-refractivity contribution in [3.63, 3.8) is 0 Å². The van der Waals surface area contributed by atoms with Crippen LogP contribution in [0.4, 0.5) is 0 Å². The predicted octanol–water partition coefficient (Wildman–Crippen LogP) is 3.36. The van der Waals surface area contributed by atoms with Gasteiger partial charge >= 0.3 is 0 Å². The van der Waals surface area contributed by atoms with Crippen LogP contribution in [0.5, 0.6) is 11.8 Å². The summed E-state index contributed by atoms with van der Waals surface area (Å²) in [5.41, 5.74) is 1.52. The minimum absolute atomic E-state index is 0.0367. The fourth-order valence-electron chi connectivity index (χ4n) is 4.21. The molecule has 10 nitrogen and oxygen atoms in total. The van der Waals surface area contributed by atoms with Crippen molar-refractivity contribution in [2.24, 2.45) is 23.7 Å². The molecule has 2 fully saturated rings. The Hall–Kier alpha value is -3.82. The fraction of sp³-hybridized carbons (Fsp3) is 0.500. The van der Waals surface area contributed by atoms with Crippen LogP contribution in [0.25, 0.3) is 0 Å². The van der Waals surface area contributed by atoms with Gasteiger partial charge < -0.3 is 20.1 Å². The van der Waals surface area contributed by atoms with Crippen LogP contribution in [0.3, 0.4) is 0 Å². The van der Waals surface area contributed by atoms with Crippen LogP contribution in [0.2, 0.25) is 0 Å². The molecule has 10 heteroatoms. The van der Waals surface area contributed by atoms with Crippen LogP contribution in [0, 0.1) is 23.7 Å². The molecular formula is C28H36N4O6. The summed E-state index contributed by atoms with van der Waals surface area (Å²) in [6.07, 6.45) is 6.22. The van der Waals surface area contributed by atoms with Crippen molar-refractivity contribution in [3.05, 3.63) is 46.8 Å². The van der Waals surface area contributed by atoms with E-state index < -0.39 is 0 Å². The summed E-state index contributed by atoms with van der Waals surface area (Å²) < 4.78 is 10.1. The smallest absolute Gasteiger partial charge is 0.256 e. The molecule has 2 amide bonds. The van der Waals surface area contributed by atoms with Crippen LogP contribution in [0.1, 0.15) is 81.0 Å². The Morgan fingerprint density at radius 3 is 1.37 bits per heavy atom. The SMILES string of the molecule is CNC(=O)c1cc(C(=O)C[C@@H]2C[C@H]2C)cnc1OC.CNC(=O)c1cc(C(=O)C[C@H]2C[C@@H]2C)cnc1OC. The van der Waals surface area contributed by atoms with E-state index in [9.17, 15) is 19.2 Å². The first-order valence-electron chi connectivity index (χ1n) is 12.7. The van der Waals surface area contributed by atoms with E-state index in [1.54, 1.807) is 12.1 Å². The molecule has 0 saturated heterocycles. The number of carbonyl (C=O) groups excluding carboxylic acids is 4. The number of aromatic nitrogens is 2. The Morgan fingerprint density at radius 2 is 1.11 bits per heavy atom. The van der Waals surface area contributed by atoms with E-state index in [4.69, 9.17) is 9.47 Å². The normalized spacial score (nSPS) is 20.8. The largest absolute Gasteiger partial charge is 0.480 e. The lowest BCUT2D eigenvalue weighted by atomic mass is 10.0. The zero-order chi connectivity index (χ0) is 28.0. The number of methoxy groups -OCH3 is 2. The molecule has 2 aliphatic carbocycles. The number of rotatable bonds is 10. The summed E-state index contributed by atoms with van der Waals surface area (Å²) in [5.74, 6) is 2.16. The summed E-state index contributed by atoms with van der Waals surface area (Å²) in [6, 6.07) is 3.11. The number of nitrogens with zero attached hydrogens (tertiary/aromatic N) is 2. The topological polar surface area (TPSA) is 137 Å². The van der Waals surface area contributed by atoms with Crippen molar-refractivity contribution in [1.82, 2.24) is 20.6 Å². The number of amides is 2. The molecule has 0 spiro atoms. The second-order valence-corrected chi connectivity index (χ2v) is 9.92. The molecule has 2 N–H and O–H groups in total. The number of ether oxygens (including phenoxy) is 2. The van der Waals surface area contributed by atoms with Crippen LogP contribution < -0.4 is 20.1 Å². The van der Waals surface area contributed by atoms with Gasteiger partial charge in [0.2, 0.25) is 11.8 Å². The molecular weight excluding hydrogens is 488 g/mol. The first kappa shape index (κ1) is 28.7. The summed E-state index contributed by atoms with van der Waals surface area (Å²) in [5, 5.41) is 5.02. The van der Waals surface area contributed by atoms with Gasteiger partial charge in [-0.15, -0.1) is 0 Å². The highest BCUT2D eigenvalue weighted by atomic mass is 16.5. The highest BCUT2D eigenvalue weighted by Gasteiger charge is 2.35. The Labute approximate surface area is 222 Å². The number of nitrogens with one attached hydrogen (secondary N) is 2. The Kier molecular flexibility index (Phi) is 9.55. The highest BCUT2D eigenvalue weighted by Crippen LogP contribution is 2.42. The average molecular weight is 525 g/mol. The maximum Gasteiger partial charge on any atom is 0.256 e. The molecule has 0 aliphatic heterocycles. The van der Waals surface area contributed by atoms with Gasteiger partial charge in [0.1, 0.15) is 11.1 Å². The lowest BCUT2D eigenvalue weighted by molar-refractivity contribution is 0.0947. The maximum absolute atomic E-state index is 12.1. The summed E-state index contributed by atoms with van der Waals surface area (Å²) in [6.45, 7) is 4.28. The van der Waals surface area contributed by atoms with Crippen LogP contribution >= 0.6 is 0 Å². The van der Waals surface area contributed by atoms with E-state index in [2.05, 4.69) is 34.4 Å². The second kappa shape index (κ2) is 12.6. The monoisotopic (exact) mass is 524 g/mol. The van der Waals surface area contributed by atoms with E-state index in [0.717, 1.165) is 12.8 Å². The minimum Gasteiger partial charge on any atom is -0.480 e. The zero-order valence-corrected chi connectivity index (χ0v) is 22.8. The van der Waals surface area contributed by atoms with E-state index in [-0.39, 0.29) is 35.1 Å². The minimum atomic E-state index is -0.307. The third kappa shape index (κ3) is 7.14. The number of hydrogen-bond donors (Lipinski definition) is 2. The van der Waals surface area contributed by atoms with Crippen molar-refractivity contribution in [2.75, 3.05) is 28.3 Å². The van der Waals surface area contributed by atoms with Crippen molar-refractivity contribution in [3.8, 4) is 11.8 Å². The molecule has 2 saturated carbocycles. The third-order valence-electron chi connectivity index (χ3n) is 7.12. The van der Waals surface area contributed by atoms with Gasteiger partial charge in [-0.25, -0.2) is 9.97 Å². The van der Waals surface area contributed by atoms with E-state index in [0.29, 0.717) is 58.8 Å². The molecule has 4 rings (SSSR count). The molecule has 204 valence electrons. The van der Waals surface area contributed by atoms with Crippen LogP contribution in [-0.4, -0.2) is 61.7 Å². The number of carbonyl (C=O) groups is 4. The molecule has 2 aliphatic rings. The number of hydrogen-bond acceptors (Lipinski definition) is 8. The number of pyridine rings is 2. The lowest BCUT2D eigenvalue weighted by Gasteiger charge is -2.08. The first-order valence-corrected chi connectivity index (χ1v) is 12.7. The summed E-state index contributed by atoms with van der Waals surface area (Å²) >= 11 is 0. The number of ketones is 2. The highest BCUT2D eigenvalue weighted by molar-refractivity contribution is 6.02. The molecule has 38 heavy (non-hydrogen) atoms. The predicted molar refractivity (Wildman–Crippen MR) is 141 cm³/mol. The fourth-order valence-corrected chi connectivity index (χ4v) is 4.21. The Morgan fingerprint density at radius 1 is 0.763 bits per heavy atom. The van der Waals surface area contributed by atoms with E-state index >= 15 is 0 Å². The number of Topliss-reactive ketones (excluding diaryl/α,β-unsaturated/α-hetero) is 2. The molecule has 2 aromatic rings. The van der Waals surface area contributed by atoms with Gasteiger partial charge in [-0.05, 0) is 48.6 Å². The maximum atomic E-state index is 12.1. The Balaban J connectivity index is 0.000000211. The van der Waals surface area contributed by atoms with Gasteiger partial charge in [0.25, 0.3) is 11.8 Å². The van der Waals surface area contributed by atoms with Crippen molar-refractivity contribution < 1.29 is 28.7 Å². The van der Waals surface area contributed by atoms with Gasteiger partial charge in [-0.1, -0.05) is 13.8 Å². The second-order valence-electron chi connectivity index (χ2n) is 9.92. The van der Waals surface area contributed by atoms with Crippen molar-refractivity contribution in [2.45, 2.75) is 39.5 Å². The van der Waals surface area contributed by atoms with Gasteiger partial charge in [0, 0.05) is 50.5 Å². The van der Waals surface area contributed by atoms with E-state index in [1.807, 2.05) is 0 Å². The summed E-state index contributed by atoms with van der Waals surface area (Å²) in [7, 11) is 5.95. The third-order valence-corrected chi connectivity index (χ3v) is 7.12. The summed E-state index contributed by atoms with van der Waals surface area (Å²) in [4.78, 5) is 55.7. The molecule has 0 bridgehead atoms. The molecule has 2 heterocycles. The van der Waals surface area contributed by atoms with Gasteiger partial charge in [-0.2, -0.15) is 0 Å². The molecule has 0 unspecified atom stereocenters. The zero-order valence-electron chi connectivity index (χ0n) is 22.8. The van der Waals surface area contributed by atoms with Crippen LogP contribution in [0.15, 0.2) is 24.5 Å². The van der Waals surface area contributed by atoms with Crippen LogP contribution in [-0.2, 0) is 0 Å². The average Bonchev–Trinajstić information content (AvgIpc) is 3.84. The molecule has 0 aromatic carbocycles. The quantitative estimate of drug-likeness (QED) is 0.452. The van der Waals surface area contributed by atoms with Crippen molar-refractivity contribution >= 4 is 23.4 Å². The van der Waals surface area contributed by atoms with Gasteiger partial charge in [0.05, 0.1) is 14.2 Å². The van der Waals surface area contributed by atoms with Gasteiger partial charge in [0.15, 0.2) is 11.6 Å². The first-order chi connectivity index (χ1) is 18.1. The van der Waals surface area contributed by atoms with E-state index in [1.165, 1.54) is 40.7 Å². The Bertz CT molecular complexity index is 1120. The molecule has 0 radical (unpaired) electrons. The molecule has 2 aromatic heterocycles. The molecule has 4 atom stereocenters.